The number of methoxy groups -OCH3 is 1. The molecule has 0 fully saturated rings. The van der Waals surface area contributed by atoms with Gasteiger partial charge in [0.25, 0.3) is 0 Å². The molecular weight excluding hydrogens is 296 g/mol. The lowest BCUT2D eigenvalue weighted by Gasteiger charge is -2.00. The standard InChI is InChI=1S/C16H14N4O3/c1-22-14-9-7-13(8-10-14)15-16(17-18-21)23-19-20(15)11-12-5-3-2-4-6-12/h2-10H,11H2,1H3/p+1. The SMILES string of the molecule is COc1ccc(-c2c(NN=O)on[n+]2Cc2ccccc2)cc1. The number of benzene rings is 2. The molecule has 0 atom stereocenters. The summed E-state index contributed by atoms with van der Waals surface area (Å²) < 4.78 is 12.0. The summed E-state index contributed by atoms with van der Waals surface area (Å²) in [6, 6.07) is 17.2. The first-order chi connectivity index (χ1) is 11.3. The molecule has 0 aliphatic rings. The zero-order valence-electron chi connectivity index (χ0n) is 12.5. The minimum Gasteiger partial charge on any atom is -0.497 e. The van der Waals surface area contributed by atoms with E-state index in [1.807, 2.05) is 54.6 Å². The number of nitroso groups, excluding NO2 is 1. The van der Waals surface area contributed by atoms with Crippen LogP contribution in [0.2, 0.25) is 0 Å². The van der Waals surface area contributed by atoms with Gasteiger partial charge in [-0.25, -0.2) is 5.43 Å². The van der Waals surface area contributed by atoms with E-state index in [9.17, 15) is 4.91 Å². The van der Waals surface area contributed by atoms with Crippen LogP contribution in [-0.2, 0) is 6.54 Å². The summed E-state index contributed by atoms with van der Waals surface area (Å²) in [5.74, 6) is 0.934. The van der Waals surface area contributed by atoms with Crippen LogP contribution < -0.4 is 14.8 Å². The van der Waals surface area contributed by atoms with E-state index in [2.05, 4.69) is 16.0 Å². The molecule has 0 aliphatic heterocycles. The Kier molecular flexibility index (Phi) is 4.28. The van der Waals surface area contributed by atoms with E-state index < -0.39 is 0 Å². The number of ether oxygens (including phenoxy) is 1. The average Bonchev–Trinajstić information content (AvgIpc) is 2.98. The zero-order valence-corrected chi connectivity index (χ0v) is 12.5. The van der Waals surface area contributed by atoms with Crippen LogP contribution in [0.3, 0.4) is 0 Å². The highest BCUT2D eigenvalue weighted by Gasteiger charge is 2.27. The first kappa shape index (κ1) is 14.7. The van der Waals surface area contributed by atoms with Gasteiger partial charge >= 0.3 is 11.6 Å². The van der Waals surface area contributed by atoms with Crippen molar-refractivity contribution in [3.63, 3.8) is 0 Å². The Balaban J connectivity index is 2.01. The summed E-state index contributed by atoms with van der Waals surface area (Å²) in [4.78, 5) is 10.5. The fourth-order valence-electron chi connectivity index (χ4n) is 2.30. The molecule has 7 heteroatoms. The van der Waals surface area contributed by atoms with Gasteiger partial charge in [0, 0.05) is 5.56 Å². The fourth-order valence-corrected chi connectivity index (χ4v) is 2.30. The lowest BCUT2D eigenvalue weighted by atomic mass is 10.1. The second-order valence-corrected chi connectivity index (χ2v) is 4.83. The summed E-state index contributed by atoms with van der Waals surface area (Å²) >= 11 is 0. The quantitative estimate of drug-likeness (QED) is 0.430. The number of hydrogen-bond acceptors (Lipinski definition) is 5. The molecule has 7 nitrogen and oxygen atoms in total. The van der Waals surface area contributed by atoms with E-state index in [1.54, 1.807) is 11.8 Å². The smallest absolute Gasteiger partial charge is 0.326 e. The van der Waals surface area contributed by atoms with Crippen molar-refractivity contribution in [1.29, 1.82) is 0 Å². The van der Waals surface area contributed by atoms with Crippen molar-refractivity contribution >= 4 is 5.88 Å². The highest BCUT2D eigenvalue weighted by Crippen LogP contribution is 2.26. The lowest BCUT2D eigenvalue weighted by molar-refractivity contribution is -0.745. The van der Waals surface area contributed by atoms with E-state index >= 15 is 0 Å². The van der Waals surface area contributed by atoms with Crippen LogP contribution in [0.5, 0.6) is 5.75 Å². The van der Waals surface area contributed by atoms with E-state index in [1.165, 1.54) is 0 Å². The molecule has 3 aromatic rings. The molecule has 0 amide bonds. The molecule has 0 spiro atoms. The molecule has 116 valence electrons. The van der Waals surface area contributed by atoms with E-state index in [0.717, 1.165) is 16.9 Å². The second kappa shape index (κ2) is 6.69. The predicted octanol–water partition coefficient (Wildman–Crippen LogP) is 2.78. The monoisotopic (exact) mass is 311 g/mol. The van der Waals surface area contributed by atoms with Crippen molar-refractivity contribution in [1.82, 2.24) is 5.27 Å². The molecular formula is C16H15N4O3+. The maximum Gasteiger partial charge on any atom is 0.326 e. The molecule has 3 rings (SSSR count). The maximum atomic E-state index is 10.5. The Labute approximate surface area is 132 Å². The van der Waals surface area contributed by atoms with E-state index in [0.29, 0.717) is 12.2 Å². The molecule has 1 heterocycles. The Hall–Kier alpha value is -3.22. The van der Waals surface area contributed by atoms with Crippen molar-refractivity contribution < 1.29 is 13.9 Å². The maximum absolute atomic E-state index is 10.5. The predicted molar refractivity (Wildman–Crippen MR) is 83.6 cm³/mol. The van der Waals surface area contributed by atoms with Gasteiger partial charge in [-0.2, -0.15) is 0 Å². The third-order valence-electron chi connectivity index (χ3n) is 3.39. The molecule has 1 N–H and O–H groups in total. The van der Waals surface area contributed by atoms with Crippen LogP contribution in [0, 0.1) is 4.91 Å². The van der Waals surface area contributed by atoms with Crippen LogP contribution in [0.15, 0.2) is 64.4 Å². The zero-order chi connectivity index (χ0) is 16.1. The van der Waals surface area contributed by atoms with Gasteiger partial charge in [-0.1, -0.05) is 30.3 Å². The minimum absolute atomic E-state index is 0.195. The number of hydrogen-bond donors (Lipinski definition) is 1. The highest BCUT2D eigenvalue weighted by atomic mass is 16.5. The first-order valence-corrected chi connectivity index (χ1v) is 6.98. The summed E-state index contributed by atoms with van der Waals surface area (Å²) in [5, 5.41) is 6.67. The van der Waals surface area contributed by atoms with Gasteiger partial charge < -0.3 is 4.74 Å². The normalized spacial score (nSPS) is 10.3. The third-order valence-corrected chi connectivity index (χ3v) is 3.39. The molecule has 0 saturated carbocycles. The molecule has 0 unspecified atom stereocenters. The molecule has 23 heavy (non-hydrogen) atoms. The summed E-state index contributed by atoms with van der Waals surface area (Å²) in [6.45, 7) is 0.506. The first-order valence-electron chi connectivity index (χ1n) is 6.98. The van der Waals surface area contributed by atoms with Gasteiger partial charge in [-0.15, -0.1) is 4.91 Å². The number of nitrogens with zero attached hydrogens (tertiary/aromatic N) is 3. The summed E-state index contributed by atoms with van der Waals surface area (Å²) in [5.41, 5.74) is 4.82. The van der Waals surface area contributed by atoms with Crippen molar-refractivity contribution in [2.24, 2.45) is 5.29 Å². The molecule has 0 bridgehead atoms. The van der Waals surface area contributed by atoms with E-state index in [-0.39, 0.29) is 5.88 Å². The molecule has 0 saturated heterocycles. The van der Waals surface area contributed by atoms with Crippen LogP contribution in [-0.4, -0.2) is 12.4 Å². The Morgan fingerprint density at radius 2 is 1.91 bits per heavy atom. The highest BCUT2D eigenvalue weighted by molar-refractivity contribution is 5.67. The number of nitrogens with one attached hydrogen (secondary N) is 1. The van der Waals surface area contributed by atoms with Gasteiger partial charge in [0.1, 0.15) is 5.75 Å². The van der Waals surface area contributed by atoms with Gasteiger partial charge in [0.15, 0.2) is 0 Å². The van der Waals surface area contributed by atoms with Gasteiger partial charge in [-0.05, 0) is 28.9 Å². The topological polar surface area (TPSA) is 80.6 Å². The molecule has 2 aromatic carbocycles. The fraction of sp³-hybridized carbons (Fsp3) is 0.125. The Bertz CT molecular complexity index is 785. The number of anilines is 1. The molecule has 0 aliphatic carbocycles. The van der Waals surface area contributed by atoms with Crippen molar-refractivity contribution in [2.45, 2.75) is 6.54 Å². The summed E-state index contributed by atoms with van der Waals surface area (Å²) in [6.07, 6.45) is 0. The summed E-state index contributed by atoms with van der Waals surface area (Å²) in [7, 11) is 1.60. The van der Waals surface area contributed by atoms with Crippen molar-refractivity contribution in [3.05, 3.63) is 65.1 Å². The minimum atomic E-state index is 0.195. The van der Waals surface area contributed by atoms with Crippen LogP contribution in [0.25, 0.3) is 11.3 Å². The Morgan fingerprint density at radius 1 is 1.17 bits per heavy atom. The average molecular weight is 311 g/mol. The van der Waals surface area contributed by atoms with Gasteiger partial charge in [0.2, 0.25) is 11.8 Å². The lowest BCUT2D eigenvalue weighted by Crippen LogP contribution is -2.38. The van der Waals surface area contributed by atoms with Crippen LogP contribution in [0.1, 0.15) is 5.56 Å². The molecule has 0 radical (unpaired) electrons. The van der Waals surface area contributed by atoms with E-state index in [4.69, 9.17) is 9.26 Å². The number of rotatable bonds is 6. The van der Waals surface area contributed by atoms with Crippen molar-refractivity contribution in [2.75, 3.05) is 12.5 Å². The van der Waals surface area contributed by atoms with Crippen molar-refractivity contribution in [3.8, 4) is 17.0 Å². The number of aromatic nitrogens is 2. The molecule has 1 aromatic heterocycles. The Morgan fingerprint density at radius 3 is 2.57 bits per heavy atom. The van der Waals surface area contributed by atoms with Gasteiger partial charge in [0.05, 0.1) is 18.0 Å². The van der Waals surface area contributed by atoms with Crippen LogP contribution in [0.4, 0.5) is 5.88 Å². The third kappa shape index (κ3) is 3.18. The van der Waals surface area contributed by atoms with Crippen LogP contribution >= 0.6 is 0 Å². The van der Waals surface area contributed by atoms with Gasteiger partial charge in [-0.3, -0.25) is 4.52 Å². The second-order valence-electron chi connectivity index (χ2n) is 4.83. The largest absolute Gasteiger partial charge is 0.497 e.